The number of nitrogens with zero attached hydrogens (tertiary/aromatic N) is 2. The molecule has 0 spiro atoms. The van der Waals surface area contributed by atoms with Crippen LogP contribution in [-0.4, -0.2) is 30.0 Å². The molecule has 4 rings (SSSR count). The molecule has 1 saturated heterocycles. The summed E-state index contributed by atoms with van der Waals surface area (Å²) < 4.78 is 6.11. The second-order valence-corrected chi connectivity index (χ2v) is 7.19. The van der Waals surface area contributed by atoms with Crippen molar-refractivity contribution in [2.24, 2.45) is 5.10 Å². The molecule has 1 heterocycles. The Morgan fingerprint density at radius 2 is 1.59 bits per heavy atom. The zero-order chi connectivity index (χ0) is 19.9. The molecule has 3 aromatic rings. The van der Waals surface area contributed by atoms with Gasteiger partial charge in [0.15, 0.2) is 0 Å². The highest BCUT2D eigenvalue weighted by Crippen LogP contribution is 2.35. The van der Waals surface area contributed by atoms with Gasteiger partial charge in [-0.3, -0.25) is 5.01 Å². The molecule has 0 radical (unpaired) electrons. The topological polar surface area (TPSA) is 24.6 Å². The highest BCUT2D eigenvalue weighted by atomic mass is 16.5. The van der Waals surface area contributed by atoms with Crippen molar-refractivity contribution in [3.63, 3.8) is 0 Å². The minimum absolute atomic E-state index is 0.102. The Labute approximate surface area is 173 Å². The van der Waals surface area contributed by atoms with Gasteiger partial charge in [0.25, 0.3) is 0 Å². The van der Waals surface area contributed by atoms with Gasteiger partial charge in [-0.05, 0) is 18.1 Å². The van der Waals surface area contributed by atoms with Crippen LogP contribution in [0.25, 0.3) is 6.08 Å². The molecule has 0 saturated carbocycles. The van der Waals surface area contributed by atoms with Crippen LogP contribution in [0.15, 0.2) is 102 Å². The molecule has 2 unspecified atom stereocenters. The first-order valence-electron chi connectivity index (χ1n) is 10.1. The number of hydrogen-bond acceptors (Lipinski definition) is 3. The molecule has 3 heteroatoms. The quantitative estimate of drug-likeness (QED) is 0.376. The van der Waals surface area contributed by atoms with E-state index in [9.17, 15) is 0 Å². The van der Waals surface area contributed by atoms with Crippen LogP contribution in [0.5, 0.6) is 0 Å². The summed E-state index contributed by atoms with van der Waals surface area (Å²) >= 11 is 0. The third-order valence-electron chi connectivity index (χ3n) is 5.01. The van der Waals surface area contributed by atoms with Crippen molar-refractivity contribution in [2.75, 3.05) is 13.2 Å². The van der Waals surface area contributed by atoms with Gasteiger partial charge in [-0.25, -0.2) is 0 Å². The van der Waals surface area contributed by atoms with Crippen LogP contribution < -0.4 is 0 Å². The third-order valence-corrected chi connectivity index (χ3v) is 5.01. The average Bonchev–Trinajstić information content (AvgIpc) is 3.56. The summed E-state index contributed by atoms with van der Waals surface area (Å²) in [5, 5.41) is 7.09. The first-order valence-corrected chi connectivity index (χ1v) is 10.1. The Hall–Kier alpha value is -3.17. The molecule has 1 aliphatic rings. The lowest BCUT2D eigenvalue weighted by atomic mass is 10.1. The summed E-state index contributed by atoms with van der Waals surface area (Å²) in [4.78, 5) is 0. The van der Waals surface area contributed by atoms with Crippen LogP contribution in [0.3, 0.4) is 0 Å². The monoisotopic (exact) mass is 382 g/mol. The van der Waals surface area contributed by atoms with E-state index in [1.54, 1.807) is 0 Å². The lowest BCUT2D eigenvalue weighted by molar-refractivity contribution is 0.136. The van der Waals surface area contributed by atoms with Crippen LogP contribution in [0.2, 0.25) is 0 Å². The van der Waals surface area contributed by atoms with Gasteiger partial charge in [-0.1, -0.05) is 103 Å². The van der Waals surface area contributed by atoms with Crippen molar-refractivity contribution >= 4 is 11.8 Å². The first kappa shape index (κ1) is 19.2. The van der Waals surface area contributed by atoms with E-state index in [1.807, 2.05) is 42.5 Å². The number of ether oxygens (including phenoxy) is 1. The standard InChI is InChI=1S/C26H26N2O/c1-21(29-19-11-14-22-12-5-2-6-13-22)26(24-17-9-4-10-18-24)27-28-20-25(28)23-15-7-3-8-16-23/h2-18,21,25H,19-20H2,1H3/b14-11+,27-26+. The summed E-state index contributed by atoms with van der Waals surface area (Å²) in [6.45, 7) is 3.56. The van der Waals surface area contributed by atoms with Crippen LogP contribution in [0.4, 0.5) is 0 Å². The van der Waals surface area contributed by atoms with E-state index in [0.717, 1.165) is 17.8 Å². The minimum Gasteiger partial charge on any atom is -0.368 e. The molecule has 29 heavy (non-hydrogen) atoms. The highest BCUT2D eigenvalue weighted by molar-refractivity contribution is 6.03. The molecule has 0 bridgehead atoms. The first-order chi connectivity index (χ1) is 14.3. The van der Waals surface area contributed by atoms with Crippen molar-refractivity contribution in [3.05, 3.63) is 114 Å². The van der Waals surface area contributed by atoms with Crippen molar-refractivity contribution in [2.45, 2.75) is 19.1 Å². The molecule has 0 aromatic heterocycles. The van der Waals surface area contributed by atoms with Crippen molar-refractivity contribution in [1.82, 2.24) is 5.01 Å². The molecule has 0 aliphatic carbocycles. The van der Waals surface area contributed by atoms with Gasteiger partial charge in [0.05, 0.1) is 31.0 Å². The van der Waals surface area contributed by atoms with Gasteiger partial charge in [-0.2, -0.15) is 5.10 Å². The fourth-order valence-corrected chi connectivity index (χ4v) is 3.34. The predicted octanol–water partition coefficient (Wildman–Crippen LogP) is 5.57. The zero-order valence-corrected chi connectivity index (χ0v) is 16.7. The number of benzene rings is 3. The Morgan fingerprint density at radius 3 is 2.28 bits per heavy atom. The van der Waals surface area contributed by atoms with Gasteiger partial charge in [0, 0.05) is 5.56 Å². The second kappa shape index (κ2) is 9.35. The van der Waals surface area contributed by atoms with Crippen molar-refractivity contribution in [3.8, 4) is 0 Å². The van der Waals surface area contributed by atoms with Crippen molar-refractivity contribution in [1.29, 1.82) is 0 Å². The molecular formula is C26H26N2O. The molecule has 1 aliphatic heterocycles. The fraction of sp³-hybridized carbons (Fsp3) is 0.192. The van der Waals surface area contributed by atoms with Gasteiger partial charge in [0.1, 0.15) is 0 Å². The van der Waals surface area contributed by atoms with E-state index in [2.05, 4.69) is 72.6 Å². The predicted molar refractivity (Wildman–Crippen MR) is 120 cm³/mol. The zero-order valence-electron chi connectivity index (χ0n) is 16.7. The van der Waals surface area contributed by atoms with E-state index in [-0.39, 0.29) is 6.10 Å². The summed E-state index contributed by atoms with van der Waals surface area (Å²) in [5.41, 5.74) is 4.56. The average molecular weight is 383 g/mol. The van der Waals surface area contributed by atoms with E-state index in [4.69, 9.17) is 9.84 Å². The molecule has 0 amide bonds. The molecular weight excluding hydrogens is 356 g/mol. The number of hydrazone groups is 1. The van der Waals surface area contributed by atoms with Gasteiger partial charge in [-0.15, -0.1) is 0 Å². The van der Waals surface area contributed by atoms with Gasteiger partial charge < -0.3 is 4.74 Å². The summed E-state index contributed by atoms with van der Waals surface area (Å²) in [6.07, 6.45) is 4.04. The second-order valence-electron chi connectivity index (χ2n) is 7.19. The molecule has 0 N–H and O–H groups in total. The lowest BCUT2D eigenvalue weighted by Gasteiger charge is -2.16. The smallest absolute Gasteiger partial charge is 0.0994 e. The Balaban J connectivity index is 1.44. The summed E-state index contributed by atoms with van der Waals surface area (Å²) in [6, 6.07) is 31.5. The SMILES string of the molecule is CC(OC/C=C/c1ccccc1)/C(=N\N1CC1c1ccccc1)c1ccccc1. The third kappa shape index (κ3) is 5.21. The Kier molecular flexibility index (Phi) is 6.18. The largest absolute Gasteiger partial charge is 0.368 e. The molecule has 3 aromatic carbocycles. The van der Waals surface area contributed by atoms with Crippen LogP contribution in [0.1, 0.15) is 29.7 Å². The van der Waals surface area contributed by atoms with E-state index >= 15 is 0 Å². The van der Waals surface area contributed by atoms with Gasteiger partial charge in [0.2, 0.25) is 0 Å². The fourth-order valence-electron chi connectivity index (χ4n) is 3.34. The molecule has 3 nitrogen and oxygen atoms in total. The van der Waals surface area contributed by atoms with Gasteiger partial charge >= 0.3 is 0 Å². The van der Waals surface area contributed by atoms with Crippen molar-refractivity contribution < 1.29 is 4.74 Å². The lowest BCUT2D eigenvalue weighted by Crippen LogP contribution is -2.23. The van der Waals surface area contributed by atoms with E-state index in [1.165, 1.54) is 11.1 Å². The van der Waals surface area contributed by atoms with E-state index in [0.29, 0.717) is 12.6 Å². The number of hydrogen-bond donors (Lipinski definition) is 0. The van der Waals surface area contributed by atoms with Crippen LogP contribution >= 0.6 is 0 Å². The minimum atomic E-state index is -0.102. The Morgan fingerprint density at radius 1 is 0.966 bits per heavy atom. The molecule has 1 fully saturated rings. The Bertz CT molecular complexity index is 952. The normalized spacial score (nSPS) is 17.5. The van der Waals surface area contributed by atoms with Crippen LogP contribution in [-0.2, 0) is 4.74 Å². The van der Waals surface area contributed by atoms with Crippen LogP contribution in [0, 0.1) is 0 Å². The summed E-state index contributed by atoms with van der Waals surface area (Å²) in [7, 11) is 0. The maximum absolute atomic E-state index is 6.11. The van der Waals surface area contributed by atoms with E-state index < -0.39 is 0 Å². The maximum atomic E-state index is 6.11. The molecule has 146 valence electrons. The molecule has 2 atom stereocenters. The number of rotatable bonds is 8. The maximum Gasteiger partial charge on any atom is 0.0994 e. The summed E-state index contributed by atoms with van der Waals surface area (Å²) in [5.74, 6) is 0. The highest BCUT2D eigenvalue weighted by Gasteiger charge is 2.35.